The first-order valence-electron chi connectivity index (χ1n) is 5.98. The summed E-state index contributed by atoms with van der Waals surface area (Å²) in [6.45, 7) is 1.96. The minimum Gasteiger partial charge on any atom is -0.339 e. The number of rotatable bonds is 3. The van der Waals surface area contributed by atoms with Crippen LogP contribution in [-0.2, 0) is 11.2 Å². The smallest absolute Gasteiger partial charge is 0.237 e. The lowest BCUT2D eigenvalue weighted by atomic mass is 10.1. The first-order chi connectivity index (χ1) is 8.72. The summed E-state index contributed by atoms with van der Waals surface area (Å²) in [5.74, 6) is 1.12. The van der Waals surface area contributed by atoms with Gasteiger partial charge in [0.2, 0.25) is 5.89 Å². The lowest BCUT2D eigenvalue weighted by Gasteiger charge is -1.98. The maximum absolute atomic E-state index is 11.6. The molecule has 1 unspecified atom stereocenters. The van der Waals surface area contributed by atoms with Crippen molar-refractivity contribution in [1.29, 1.82) is 0 Å². The van der Waals surface area contributed by atoms with Crippen molar-refractivity contribution in [2.75, 3.05) is 0 Å². The Labute approximate surface area is 108 Å². The Bertz CT molecular complexity index is 575. The number of carbonyl (C=O) groups is 1. The molecule has 0 saturated heterocycles. The third-order valence-electron chi connectivity index (χ3n) is 3.06. The third-order valence-corrected chi connectivity index (χ3v) is 4.03. The predicted octanol–water partition coefficient (Wildman–Crippen LogP) is 2.26. The van der Waals surface area contributed by atoms with Gasteiger partial charge in [-0.3, -0.25) is 4.79 Å². The van der Waals surface area contributed by atoms with E-state index in [9.17, 15) is 4.79 Å². The maximum Gasteiger partial charge on any atom is 0.237 e. The molecule has 94 valence electrons. The van der Waals surface area contributed by atoms with Crippen LogP contribution >= 0.6 is 11.3 Å². The highest BCUT2D eigenvalue weighted by molar-refractivity contribution is 7.09. The number of ketones is 1. The lowest BCUT2D eigenvalue weighted by Crippen LogP contribution is -2.04. The quantitative estimate of drug-likeness (QED) is 0.849. The van der Waals surface area contributed by atoms with Gasteiger partial charge in [0.25, 0.3) is 0 Å². The molecule has 0 radical (unpaired) electrons. The van der Waals surface area contributed by atoms with E-state index in [1.807, 2.05) is 12.3 Å². The number of Topliss-reactive ketones (excluding diaryl/α,β-unsaturated/α-hetero) is 1. The summed E-state index contributed by atoms with van der Waals surface area (Å²) in [6, 6.07) is 0. The molecule has 2 aromatic heterocycles. The molecule has 0 aliphatic heterocycles. The maximum atomic E-state index is 11.6. The zero-order valence-corrected chi connectivity index (χ0v) is 10.9. The molecule has 18 heavy (non-hydrogen) atoms. The van der Waals surface area contributed by atoms with Crippen molar-refractivity contribution >= 4 is 17.1 Å². The number of aryl methyl sites for hydroxylation is 1. The first kappa shape index (κ1) is 11.5. The zero-order chi connectivity index (χ0) is 12.5. The molecule has 0 N–H and O–H groups in total. The molecular weight excluding hydrogens is 250 g/mol. The van der Waals surface area contributed by atoms with Crippen LogP contribution in [0, 0.1) is 6.92 Å². The Morgan fingerprint density at radius 2 is 2.39 bits per heavy atom. The van der Waals surface area contributed by atoms with Gasteiger partial charge in [0.1, 0.15) is 10.8 Å². The number of thiazole rings is 1. The fourth-order valence-corrected chi connectivity index (χ4v) is 2.95. The van der Waals surface area contributed by atoms with Crippen molar-refractivity contribution in [1.82, 2.24) is 15.1 Å². The highest BCUT2D eigenvalue weighted by Crippen LogP contribution is 2.30. The second-order valence-corrected chi connectivity index (χ2v) is 5.46. The second-order valence-electron chi connectivity index (χ2n) is 4.52. The van der Waals surface area contributed by atoms with E-state index in [2.05, 4.69) is 15.1 Å². The van der Waals surface area contributed by atoms with E-state index in [1.54, 1.807) is 11.3 Å². The fraction of sp³-hybridized carbons (Fsp3) is 0.500. The summed E-state index contributed by atoms with van der Waals surface area (Å²) in [7, 11) is 0. The molecule has 1 atom stereocenters. The molecule has 3 rings (SSSR count). The molecule has 0 aromatic carbocycles. The summed E-state index contributed by atoms with van der Waals surface area (Å²) in [5.41, 5.74) is 1.00. The van der Waals surface area contributed by atoms with E-state index in [4.69, 9.17) is 4.52 Å². The topological polar surface area (TPSA) is 68.9 Å². The SMILES string of the molecule is Cc1csc(Cc2noc(C3CCCC3=O)n2)n1. The number of hydrogen-bond donors (Lipinski definition) is 0. The van der Waals surface area contributed by atoms with Gasteiger partial charge in [-0.1, -0.05) is 5.16 Å². The normalized spacial score (nSPS) is 19.6. The van der Waals surface area contributed by atoms with Crippen LogP contribution in [-0.4, -0.2) is 20.9 Å². The Balaban J connectivity index is 1.75. The Hall–Kier alpha value is -1.56. The van der Waals surface area contributed by atoms with Crippen molar-refractivity contribution in [3.63, 3.8) is 0 Å². The average molecular weight is 263 g/mol. The van der Waals surface area contributed by atoms with Crippen LogP contribution in [0.3, 0.4) is 0 Å². The van der Waals surface area contributed by atoms with Crippen molar-refractivity contribution in [3.05, 3.63) is 27.8 Å². The molecule has 0 spiro atoms. The van der Waals surface area contributed by atoms with Gasteiger partial charge in [-0.25, -0.2) is 4.98 Å². The van der Waals surface area contributed by atoms with Crippen LogP contribution in [0.4, 0.5) is 0 Å². The van der Waals surface area contributed by atoms with Gasteiger partial charge < -0.3 is 4.52 Å². The standard InChI is InChI=1S/C12H13N3O2S/c1-7-6-18-11(13-7)5-10-14-12(17-15-10)8-3-2-4-9(8)16/h6,8H,2-5H2,1H3. The summed E-state index contributed by atoms with van der Waals surface area (Å²) in [6.07, 6.45) is 2.96. The number of aromatic nitrogens is 3. The van der Waals surface area contributed by atoms with Crippen LogP contribution in [0.25, 0.3) is 0 Å². The molecule has 1 fully saturated rings. The third kappa shape index (κ3) is 2.20. The van der Waals surface area contributed by atoms with Crippen molar-refractivity contribution in [2.45, 2.75) is 38.5 Å². The van der Waals surface area contributed by atoms with Crippen LogP contribution in [0.15, 0.2) is 9.90 Å². The van der Waals surface area contributed by atoms with E-state index in [0.29, 0.717) is 24.6 Å². The average Bonchev–Trinajstić information content (AvgIpc) is 3.02. The molecule has 2 aromatic rings. The summed E-state index contributed by atoms with van der Waals surface area (Å²) < 4.78 is 5.19. The van der Waals surface area contributed by atoms with E-state index >= 15 is 0 Å². The minimum atomic E-state index is -0.177. The molecule has 6 heteroatoms. The van der Waals surface area contributed by atoms with E-state index in [-0.39, 0.29) is 11.7 Å². The largest absolute Gasteiger partial charge is 0.339 e. The van der Waals surface area contributed by atoms with Gasteiger partial charge in [0, 0.05) is 17.5 Å². The van der Waals surface area contributed by atoms with Gasteiger partial charge in [-0.2, -0.15) is 4.98 Å². The monoisotopic (exact) mass is 263 g/mol. The summed E-state index contributed by atoms with van der Waals surface area (Å²) >= 11 is 1.59. The fourth-order valence-electron chi connectivity index (χ4n) is 2.18. The van der Waals surface area contributed by atoms with Crippen molar-refractivity contribution in [3.8, 4) is 0 Å². The van der Waals surface area contributed by atoms with Gasteiger partial charge in [-0.05, 0) is 19.8 Å². The van der Waals surface area contributed by atoms with Gasteiger partial charge in [0.05, 0.1) is 12.3 Å². The van der Waals surface area contributed by atoms with Crippen LogP contribution in [0.5, 0.6) is 0 Å². The summed E-state index contributed by atoms with van der Waals surface area (Å²) in [5, 5.41) is 6.89. The van der Waals surface area contributed by atoms with Crippen LogP contribution in [0.1, 0.15) is 47.6 Å². The number of hydrogen-bond acceptors (Lipinski definition) is 6. The summed E-state index contributed by atoms with van der Waals surface area (Å²) in [4.78, 5) is 20.3. The highest BCUT2D eigenvalue weighted by atomic mass is 32.1. The molecule has 1 aliphatic rings. The molecule has 5 nitrogen and oxygen atoms in total. The second kappa shape index (κ2) is 4.61. The van der Waals surface area contributed by atoms with E-state index < -0.39 is 0 Å². The first-order valence-corrected chi connectivity index (χ1v) is 6.86. The zero-order valence-electron chi connectivity index (χ0n) is 10.0. The molecule has 1 aliphatic carbocycles. The van der Waals surface area contributed by atoms with Gasteiger partial charge >= 0.3 is 0 Å². The minimum absolute atomic E-state index is 0.177. The van der Waals surface area contributed by atoms with Gasteiger partial charge in [-0.15, -0.1) is 11.3 Å². The number of carbonyl (C=O) groups excluding carboxylic acids is 1. The number of nitrogens with zero attached hydrogens (tertiary/aromatic N) is 3. The Kier molecular flexibility index (Phi) is 2.95. The highest BCUT2D eigenvalue weighted by Gasteiger charge is 2.30. The van der Waals surface area contributed by atoms with Crippen molar-refractivity contribution < 1.29 is 9.32 Å². The van der Waals surface area contributed by atoms with E-state index in [0.717, 1.165) is 23.5 Å². The van der Waals surface area contributed by atoms with E-state index in [1.165, 1.54) is 0 Å². The predicted molar refractivity (Wildman–Crippen MR) is 65.6 cm³/mol. The molecule has 1 saturated carbocycles. The molecule has 0 amide bonds. The Morgan fingerprint density at radius 1 is 1.50 bits per heavy atom. The van der Waals surface area contributed by atoms with Crippen LogP contribution in [0.2, 0.25) is 0 Å². The molecule has 0 bridgehead atoms. The molecular formula is C12H13N3O2S. The lowest BCUT2D eigenvalue weighted by molar-refractivity contribution is -0.119. The van der Waals surface area contributed by atoms with Crippen LogP contribution < -0.4 is 0 Å². The Morgan fingerprint density at radius 3 is 3.06 bits per heavy atom. The van der Waals surface area contributed by atoms with Crippen molar-refractivity contribution in [2.24, 2.45) is 0 Å². The van der Waals surface area contributed by atoms with Gasteiger partial charge in [0.15, 0.2) is 5.82 Å². The molecule has 2 heterocycles.